The molecule has 1 aliphatic rings. The van der Waals surface area contributed by atoms with E-state index in [4.69, 9.17) is 9.47 Å². The molecule has 130 valence electrons. The van der Waals surface area contributed by atoms with Crippen LogP contribution in [0.2, 0.25) is 0 Å². The number of benzene rings is 1. The van der Waals surface area contributed by atoms with E-state index < -0.39 is 0 Å². The number of ether oxygens (including phenoxy) is 2. The molecule has 1 fully saturated rings. The first-order valence-corrected chi connectivity index (χ1v) is 8.35. The Labute approximate surface area is 164 Å². The molecular weight excluding hydrogens is 473 g/mol. The number of nitrogens with zero attached hydrogens (tertiary/aromatic N) is 2. The Morgan fingerprint density at radius 3 is 3.00 bits per heavy atom. The summed E-state index contributed by atoms with van der Waals surface area (Å²) in [6.07, 6.45) is 1.16. The SMILES string of the molecule is CN=C(NCCOc1cccc(Br)c1)N1CCC(COC)C1.I. The Morgan fingerprint density at radius 2 is 2.30 bits per heavy atom. The van der Waals surface area contributed by atoms with E-state index in [-0.39, 0.29) is 24.0 Å². The van der Waals surface area contributed by atoms with Crippen molar-refractivity contribution in [3.05, 3.63) is 28.7 Å². The molecule has 0 radical (unpaired) electrons. The average Bonchev–Trinajstić information content (AvgIpc) is 2.96. The number of guanidine groups is 1. The van der Waals surface area contributed by atoms with Gasteiger partial charge in [-0.3, -0.25) is 4.99 Å². The third-order valence-electron chi connectivity index (χ3n) is 3.65. The van der Waals surface area contributed by atoms with E-state index >= 15 is 0 Å². The van der Waals surface area contributed by atoms with Crippen LogP contribution in [-0.2, 0) is 4.74 Å². The summed E-state index contributed by atoms with van der Waals surface area (Å²) in [5, 5.41) is 3.36. The Bertz CT molecular complexity index is 502. The molecule has 0 aromatic heterocycles. The lowest BCUT2D eigenvalue weighted by atomic mass is 10.1. The van der Waals surface area contributed by atoms with E-state index in [0.717, 1.165) is 48.8 Å². The summed E-state index contributed by atoms with van der Waals surface area (Å²) < 4.78 is 12.0. The van der Waals surface area contributed by atoms with Gasteiger partial charge in [0.05, 0.1) is 13.2 Å². The molecule has 1 atom stereocenters. The van der Waals surface area contributed by atoms with E-state index in [0.29, 0.717) is 12.5 Å². The van der Waals surface area contributed by atoms with Crippen LogP contribution >= 0.6 is 39.9 Å². The Hall–Kier alpha value is -0.540. The van der Waals surface area contributed by atoms with Crippen molar-refractivity contribution < 1.29 is 9.47 Å². The lowest BCUT2D eigenvalue weighted by Crippen LogP contribution is -2.41. The highest BCUT2D eigenvalue weighted by atomic mass is 127. The first kappa shape index (κ1) is 20.5. The van der Waals surface area contributed by atoms with Gasteiger partial charge in [0, 0.05) is 37.6 Å². The lowest BCUT2D eigenvalue weighted by Gasteiger charge is -2.21. The minimum Gasteiger partial charge on any atom is -0.492 e. The minimum atomic E-state index is 0. The fourth-order valence-electron chi connectivity index (χ4n) is 2.62. The molecular formula is C16H25BrIN3O2. The van der Waals surface area contributed by atoms with Crippen LogP contribution in [0.15, 0.2) is 33.7 Å². The normalized spacial score (nSPS) is 17.8. The fraction of sp³-hybridized carbons (Fsp3) is 0.562. The van der Waals surface area contributed by atoms with Gasteiger partial charge in [0.1, 0.15) is 12.4 Å². The monoisotopic (exact) mass is 497 g/mol. The Morgan fingerprint density at radius 1 is 1.48 bits per heavy atom. The predicted octanol–water partition coefficient (Wildman–Crippen LogP) is 2.99. The third kappa shape index (κ3) is 6.84. The van der Waals surface area contributed by atoms with Crippen molar-refractivity contribution in [2.45, 2.75) is 6.42 Å². The van der Waals surface area contributed by atoms with Gasteiger partial charge in [-0.25, -0.2) is 0 Å². The van der Waals surface area contributed by atoms with Crippen LogP contribution in [0.25, 0.3) is 0 Å². The number of aliphatic imine (C=N–C) groups is 1. The molecule has 0 amide bonds. The van der Waals surface area contributed by atoms with Crippen molar-refractivity contribution in [3.63, 3.8) is 0 Å². The van der Waals surface area contributed by atoms with Crippen molar-refractivity contribution in [2.24, 2.45) is 10.9 Å². The first-order chi connectivity index (χ1) is 10.7. The number of halogens is 2. The van der Waals surface area contributed by atoms with Gasteiger partial charge < -0.3 is 19.7 Å². The molecule has 23 heavy (non-hydrogen) atoms. The zero-order valence-corrected chi connectivity index (χ0v) is 17.5. The second kappa shape index (κ2) is 11.1. The van der Waals surface area contributed by atoms with Gasteiger partial charge in [-0.1, -0.05) is 22.0 Å². The van der Waals surface area contributed by atoms with Crippen molar-refractivity contribution in [1.82, 2.24) is 10.2 Å². The van der Waals surface area contributed by atoms with Crippen molar-refractivity contribution in [3.8, 4) is 5.75 Å². The van der Waals surface area contributed by atoms with Gasteiger partial charge >= 0.3 is 0 Å². The van der Waals surface area contributed by atoms with Gasteiger partial charge in [0.15, 0.2) is 5.96 Å². The average molecular weight is 498 g/mol. The highest BCUT2D eigenvalue weighted by Crippen LogP contribution is 2.18. The minimum absolute atomic E-state index is 0. The maximum absolute atomic E-state index is 5.72. The quantitative estimate of drug-likeness (QED) is 0.284. The molecule has 2 rings (SSSR count). The molecule has 0 spiro atoms. The van der Waals surface area contributed by atoms with Gasteiger partial charge in [-0.05, 0) is 24.6 Å². The lowest BCUT2D eigenvalue weighted by molar-refractivity contribution is 0.157. The van der Waals surface area contributed by atoms with Gasteiger partial charge in [-0.15, -0.1) is 24.0 Å². The molecule has 7 heteroatoms. The maximum Gasteiger partial charge on any atom is 0.193 e. The van der Waals surface area contributed by atoms with Crippen LogP contribution in [0, 0.1) is 5.92 Å². The smallest absolute Gasteiger partial charge is 0.193 e. The predicted molar refractivity (Wildman–Crippen MR) is 108 cm³/mol. The zero-order valence-electron chi connectivity index (χ0n) is 13.6. The zero-order chi connectivity index (χ0) is 15.8. The van der Waals surface area contributed by atoms with Gasteiger partial charge in [0.2, 0.25) is 0 Å². The number of rotatable bonds is 6. The molecule has 0 bridgehead atoms. The number of hydrogen-bond donors (Lipinski definition) is 1. The molecule has 1 aromatic carbocycles. The summed E-state index contributed by atoms with van der Waals surface area (Å²) in [6, 6.07) is 7.86. The molecule has 5 nitrogen and oxygen atoms in total. The third-order valence-corrected chi connectivity index (χ3v) is 4.14. The Balaban J connectivity index is 0.00000264. The van der Waals surface area contributed by atoms with Gasteiger partial charge in [-0.2, -0.15) is 0 Å². The number of likely N-dealkylation sites (tertiary alicyclic amines) is 1. The van der Waals surface area contributed by atoms with Crippen LogP contribution in [-0.4, -0.2) is 57.9 Å². The van der Waals surface area contributed by atoms with Crippen LogP contribution in [0.4, 0.5) is 0 Å². The standard InChI is InChI=1S/C16H24BrN3O2.HI/c1-18-16(20-8-6-13(11-20)12-21-2)19-7-9-22-15-5-3-4-14(17)10-15;/h3-5,10,13H,6-9,11-12H2,1-2H3,(H,18,19);1H. The van der Waals surface area contributed by atoms with Crippen LogP contribution in [0.1, 0.15) is 6.42 Å². The number of nitrogens with one attached hydrogen (secondary N) is 1. The van der Waals surface area contributed by atoms with E-state index in [1.807, 2.05) is 31.3 Å². The van der Waals surface area contributed by atoms with Crippen LogP contribution < -0.4 is 10.1 Å². The van der Waals surface area contributed by atoms with E-state index in [1.165, 1.54) is 0 Å². The highest BCUT2D eigenvalue weighted by Gasteiger charge is 2.24. The van der Waals surface area contributed by atoms with E-state index in [2.05, 4.69) is 31.1 Å². The summed E-state index contributed by atoms with van der Waals surface area (Å²) in [5.41, 5.74) is 0. The van der Waals surface area contributed by atoms with Crippen molar-refractivity contribution in [1.29, 1.82) is 0 Å². The topological polar surface area (TPSA) is 46.1 Å². The fourth-order valence-corrected chi connectivity index (χ4v) is 3.00. The Kier molecular flexibility index (Phi) is 9.89. The largest absolute Gasteiger partial charge is 0.492 e. The number of methoxy groups -OCH3 is 1. The summed E-state index contributed by atoms with van der Waals surface area (Å²) in [7, 11) is 3.58. The van der Waals surface area contributed by atoms with Crippen molar-refractivity contribution in [2.75, 3.05) is 47.0 Å². The van der Waals surface area contributed by atoms with E-state index in [9.17, 15) is 0 Å². The second-order valence-electron chi connectivity index (χ2n) is 5.34. The van der Waals surface area contributed by atoms with Gasteiger partial charge in [0.25, 0.3) is 0 Å². The van der Waals surface area contributed by atoms with Crippen LogP contribution in [0.3, 0.4) is 0 Å². The van der Waals surface area contributed by atoms with Crippen LogP contribution in [0.5, 0.6) is 5.75 Å². The molecule has 0 saturated carbocycles. The summed E-state index contributed by atoms with van der Waals surface area (Å²) >= 11 is 3.44. The molecule has 1 saturated heterocycles. The number of hydrogen-bond acceptors (Lipinski definition) is 3. The highest BCUT2D eigenvalue weighted by molar-refractivity contribution is 14.0. The molecule has 0 aliphatic carbocycles. The summed E-state index contributed by atoms with van der Waals surface area (Å²) in [6.45, 7) is 4.18. The maximum atomic E-state index is 5.72. The van der Waals surface area contributed by atoms with Crippen molar-refractivity contribution >= 4 is 45.9 Å². The molecule has 1 unspecified atom stereocenters. The summed E-state index contributed by atoms with van der Waals surface area (Å²) in [5.74, 6) is 2.41. The molecule has 1 aromatic rings. The molecule has 1 aliphatic heterocycles. The molecule has 1 heterocycles. The van der Waals surface area contributed by atoms with E-state index in [1.54, 1.807) is 7.11 Å². The summed E-state index contributed by atoms with van der Waals surface area (Å²) in [4.78, 5) is 6.63. The second-order valence-corrected chi connectivity index (χ2v) is 6.25. The molecule has 1 N–H and O–H groups in total. The first-order valence-electron chi connectivity index (χ1n) is 7.56.